The van der Waals surface area contributed by atoms with Gasteiger partial charge in [-0.1, -0.05) is 11.6 Å². The van der Waals surface area contributed by atoms with Crippen molar-refractivity contribution in [3.05, 3.63) is 11.1 Å². The molecule has 0 amide bonds. The summed E-state index contributed by atoms with van der Waals surface area (Å²) in [6, 6.07) is 0.654. The Hall–Kier alpha value is -0.0500. The number of nitrogens with zero attached hydrogens (tertiary/aromatic N) is 1. The fraction of sp³-hybridized carbons (Fsp3) is 0.778. The van der Waals surface area contributed by atoms with Crippen LogP contribution in [-0.2, 0) is 0 Å². The number of halogens is 1. The molecular weight excluding hydrogens is 172 g/mol. The molecule has 1 aliphatic heterocycles. The maximum atomic E-state index is 5.55. The Balaban J connectivity index is 2.16. The van der Waals surface area contributed by atoms with Gasteiger partial charge in [-0.3, -0.25) is 0 Å². The maximum Gasteiger partial charge on any atom is 0.0210 e. The van der Waals surface area contributed by atoms with Crippen LogP contribution >= 0.6 is 11.6 Å². The van der Waals surface area contributed by atoms with E-state index in [1.807, 2.05) is 6.92 Å². The first-order chi connectivity index (χ1) is 5.72. The van der Waals surface area contributed by atoms with Gasteiger partial charge in [0.25, 0.3) is 0 Å². The van der Waals surface area contributed by atoms with E-state index in [4.69, 9.17) is 11.6 Å². The molecule has 1 saturated heterocycles. The standard InChI is InChI=1S/C9H17ClN2/c1-8(5-10)6-11-9-3-4-12(2)7-9/h5,9,11H,3-4,6-7H2,1-2H3. The number of rotatable bonds is 3. The molecule has 1 fully saturated rings. The molecule has 1 rings (SSSR count). The van der Waals surface area contributed by atoms with Gasteiger partial charge in [0.2, 0.25) is 0 Å². The fourth-order valence-corrected chi connectivity index (χ4v) is 1.52. The largest absolute Gasteiger partial charge is 0.309 e. The molecule has 1 heterocycles. The zero-order chi connectivity index (χ0) is 8.97. The zero-order valence-corrected chi connectivity index (χ0v) is 8.56. The smallest absolute Gasteiger partial charge is 0.0210 e. The molecule has 2 nitrogen and oxygen atoms in total. The van der Waals surface area contributed by atoms with Crippen LogP contribution in [0.4, 0.5) is 0 Å². The summed E-state index contributed by atoms with van der Waals surface area (Å²) in [5.41, 5.74) is 2.84. The van der Waals surface area contributed by atoms with E-state index in [-0.39, 0.29) is 0 Å². The van der Waals surface area contributed by atoms with Crippen LogP contribution in [0.25, 0.3) is 0 Å². The quantitative estimate of drug-likeness (QED) is 0.721. The molecule has 1 aliphatic rings. The molecular formula is C9H17ClN2. The Morgan fingerprint density at radius 2 is 2.50 bits per heavy atom. The van der Waals surface area contributed by atoms with E-state index in [1.54, 1.807) is 5.54 Å². The summed E-state index contributed by atoms with van der Waals surface area (Å²) in [5, 5.41) is 3.47. The predicted molar refractivity (Wildman–Crippen MR) is 53.5 cm³/mol. The second-order valence-corrected chi connectivity index (χ2v) is 3.80. The Morgan fingerprint density at radius 1 is 1.75 bits per heavy atom. The lowest BCUT2D eigenvalue weighted by Gasteiger charge is -2.12. The van der Waals surface area contributed by atoms with Crippen LogP contribution in [0.15, 0.2) is 11.1 Å². The first-order valence-electron chi connectivity index (χ1n) is 4.40. The average molecular weight is 189 g/mol. The Labute approximate surface area is 79.6 Å². The van der Waals surface area contributed by atoms with Crippen molar-refractivity contribution in [2.45, 2.75) is 19.4 Å². The summed E-state index contributed by atoms with van der Waals surface area (Å²) in [5.74, 6) is 0. The highest BCUT2D eigenvalue weighted by molar-refractivity contribution is 6.25. The van der Waals surface area contributed by atoms with E-state index < -0.39 is 0 Å². The topological polar surface area (TPSA) is 15.3 Å². The Kier molecular flexibility index (Phi) is 4.06. The van der Waals surface area contributed by atoms with E-state index in [0.29, 0.717) is 6.04 Å². The van der Waals surface area contributed by atoms with Gasteiger partial charge in [0.15, 0.2) is 0 Å². The first-order valence-corrected chi connectivity index (χ1v) is 4.84. The number of hydrogen-bond acceptors (Lipinski definition) is 2. The third-order valence-corrected chi connectivity index (χ3v) is 2.62. The van der Waals surface area contributed by atoms with E-state index in [2.05, 4.69) is 17.3 Å². The highest BCUT2D eigenvalue weighted by atomic mass is 35.5. The molecule has 70 valence electrons. The van der Waals surface area contributed by atoms with Crippen LogP contribution < -0.4 is 5.32 Å². The summed E-state index contributed by atoms with van der Waals surface area (Å²) in [7, 11) is 2.16. The van der Waals surface area contributed by atoms with E-state index in [1.165, 1.54) is 18.5 Å². The van der Waals surface area contributed by atoms with Crippen LogP contribution in [-0.4, -0.2) is 37.6 Å². The second kappa shape index (κ2) is 4.85. The molecule has 3 heteroatoms. The molecule has 0 aromatic rings. The lowest BCUT2D eigenvalue weighted by Crippen LogP contribution is -2.32. The lowest BCUT2D eigenvalue weighted by atomic mass is 10.2. The molecule has 0 aliphatic carbocycles. The monoisotopic (exact) mass is 188 g/mol. The minimum atomic E-state index is 0.654. The van der Waals surface area contributed by atoms with Crippen molar-refractivity contribution in [1.29, 1.82) is 0 Å². The highest BCUT2D eigenvalue weighted by Gasteiger charge is 2.17. The molecule has 0 saturated carbocycles. The molecule has 0 aromatic heterocycles. The van der Waals surface area contributed by atoms with Crippen molar-refractivity contribution in [2.24, 2.45) is 0 Å². The third kappa shape index (κ3) is 3.13. The normalized spacial score (nSPS) is 26.6. The highest BCUT2D eigenvalue weighted by Crippen LogP contribution is 2.06. The van der Waals surface area contributed by atoms with Gasteiger partial charge in [0, 0.05) is 24.7 Å². The van der Waals surface area contributed by atoms with Gasteiger partial charge in [0.05, 0.1) is 0 Å². The Morgan fingerprint density at radius 3 is 3.00 bits per heavy atom. The molecule has 12 heavy (non-hydrogen) atoms. The number of likely N-dealkylation sites (N-methyl/N-ethyl adjacent to an activating group) is 1. The fourth-order valence-electron chi connectivity index (χ4n) is 1.45. The molecule has 0 radical (unpaired) electrons. The van der Waals surface area contributed by atoms with Gasteiger partial charge < -0.3 is 10.2 Å². The predicted octanol–water partition coefficient (Wildman–Crippen LogP) is 1.42. The zero-order valence-electron chi connectivity index (χ0n) is 7.81. The van der Waals surface area contributed by atoms with Crippen molar-refractivity contribution >= 4 is 11.6 Å². The van der Waals surface area contributed by atoms with Gasteiger partial charge in [-0.25, -0.2) is 0 Å². The van der Waals surface area contributed by atoms with Crippen LogP contribution in [0.5, 0.6) is 0 Å². The second-order valence-electron chi connectivity index (χ2n) is 3.58. The summed E-state index contributed by atoms with van der Waals surface area (Å²) < 4.78 is 0. The lowest BCUT2D eigenvalue weighted by molar-refractivity contribution is 0.400. The van der Waals surface area contributed by atoms with Gasteiger partial charge in [0.1, 0.15) is 0 Å². The van der Waals surface area contributed by atoms with Gasteiger partial charge in [-0.15, -0.1) is 0 Å². The summed E-state index contributed by atoms with van der Waals surface area (Å²) in [4.78, 5) is 2.34. The minimum absolute atomic E-state index is 0.654. The van der Waals surface area contributed by atoms with E-state index in [9.17, 15) is 0 Å². The molecule has 0 bridgehead atoms. The summed E-state index contributed by atoms with van der Waals surface area (Å²) >= 11 is 5.55. The first kappa shape index (κ1) is 10.0. The number of likely N-dealkylation sites (tertiary alicyclic amines) is 1. The van der Waals surface area contributed by atoms with Gasteiger partial charge in [-0.05, 0) is 32.5 Å². The average Bonchev–Trinajstić information content (AvgIpc) is 2.47. The molecule has 1 atom stereocenters. The number of hydrogen-bond donors (Lipinski definition) is 1. The van der Waals surface area contributed by atoms with Crippen LogP contribution in [0.3, 0.4) is 0 Å². The Bertz CT molecular complexity index is 168. The maximum absolute atomic E-state index is 5.55. The van der Waals surface area contributed by atoms with Gasteiger partial charge >= 0.3 is 0 Å². The number of nitrogens with one attached hydrogen (secondary N) is 1. The van der Waals surface area contributed by atoms with Crippen LogP contribution in [0, 0.1) is 0 Å². The van der Waals surface area contributed by atoms with E-state index >= 15 is 0 Å². The molecule has 0 aromatic carbocycles. The van der Waals surface area contributed by atoms with Crippen molar-refractivity contribution in [2.75, 3.05) is 26.7 Å². The SMILES string of the molecule is CC(=CCl)CNC1CCN(C)C1. The third-order valence-electron chi connectivity index (χ3n) is 2.25. The molecule has 1 N–H and O–H groups in total. The molecule has 0 spiro atoms. The van der Waals surface area contributed by atoms with Crippen LogP contribution in [0.2, 0.25) is 0 Å². The van der Waals surface area contributed by atoms with Crippen molar-refractivity contribution in [3.63, 3.8) is 0 Å². The summed E-state index contributed by atoms with van der Waals surface area (Å²) in [6.45, 7) is 5.33. The minimum Gasteiger partial charge on any atom is -0.309 e. The summed E-state index contributed by atoms with van der Waals surface area (Å²) in [6.07, 6.45) is 1.26. The van der Waals surface area contributed by atoms with E-state index in [0.717, 1.165) is 13.1 Å². The van der Waals surface area contributed by atoms with Crippen molar-refractivity contribution in [1.82, 2.24) is 10.2 Å². The van der Waals surface area contributed by atoms with Crippen molar-refractivity contribution < 1.29 is 0 Å². The van der Waals surface area contributed by atoms with Crippen molar-refractivity contribution in [3.8, 4) is 0 Å². The van der Waals surface area contributed by atoms with Gasteiger partial charge in [-0.2, -0.15) is 0 Å². The molecule has 1 unspecified atom stereocenters. The van der Waals surface area contributed by atoms with Crippen LogP contribution in [0.1, 0.15) is 13.3 Å².